The molecule has 2 aromatic carbocycles. The average molecular weight is 338 g/mol. The maximum atomic E-state index is 5.39. The molecule has 0 bridgehead atoms. The van der Waals surface area contributed by atoms with Crippen LogP contribution in [-0.2, 0) is 0 Å². The van der Waals surface area contributed by atoms with E-state index in [1.54, 1.807) is 7.11 Å². The summed E-state index contributed by atoms with van der Waals surface area (Å²) >= 11 is 1.53. The number of para-hydroxylation sites is 2. The highest BCUT2D eigenvalue weighted by atomic mass is 32.2. The third kappa shape index (κ3) is 3.78. The number of nitrogens with one attached hydrogen (secondary N) is 2. The fourth-order valence-electron chi connectivity index (χ4n) is 2.25. The summed E-state index contributed by atoms with van der Waals surface area (Å²) in [6.07, 6.45) is 1.97. The maximum absolute atomic E-state index is 5.39. The van der Waals surface area contributed by atoms with Gasteiger partial charge in [-0.15, -0.1) is 0 Å². The van der Waals surface area contributed by atoms with Crippen LogP contribution in [0.1, 0.15) is 0 Å². The lowest BCUT2D eigenvalue weighted by molar-refractivity contribution is 0.416. The van der Waals surface area contributed by atoms with Crippen LogP contribution in [0.2, 0.25) is 0 Å². The van der Waals surface area contributed by atoms with E-state index in [0.717, 1.165) is 27.9 Å². The summed E-state index contributed by atoms with van der Waals surface area (Å²) in [5.41, 5.74) is 2.81. The summed E-state index contributed by atoms with van der Waals surface area (Å²) < 4.78 is 5.39. The zero-order valence-corrected chi connectivity index (χ0v) is 14.3. The van der Waals surface area contributed by atoms with Crippen molar-refractivity contribution in [2.75, 3.05) is 18.7 Å². The Kier molecular flexibility index (Phi) is 5.18. The molecular formula is C18H18N4OS. The number of hydrogen-bond donors (Lipinski definition) is 2. The minimum Gasteiger partial charge on any atom is -0.496 e. The Morgan fingerprint density at radius 1 is 1.12 bits per heavy atom. The lowest BCUT2D eigenvalue weighted by Gasteiger charge is -2.06. The molecule has 0 spiro atoms. The second kappa shape index (κ2) is 7.70. The van der Waals surface area contributed by atoms with Gasteiger partial charge >= 0.3 is 0 Å². The first-order chi connectivity index (χ1) is 11.8. The van der Waals surface area contributed by atoms with E-state index in [-0.39, 0.29) is 0 Å². The number of hydrogen-bond acceptors (Lipinski definition) is 4. The largest absolute Gasteiger partial charge is 0.496 e. The summed E-state index contributed by atoms with van der Waals surface area (Å²) in [5.74, 6) is 1.41. The van der Waals surface area contributed by atoms with E-state index in [1.807, 2.05) is 66.9 Å². The fourth-order valence-corrected chi connectivity index (χ4v) is 2.65. The second-order valence-corrected chi connectivity index (χ2v) is 5.75. The number of aliphatic imine (C=N–C) groups is 1. The highest BCUT2D eigenvalue weighted by Gasteiger charge is 2.09. The number of methoxy groups -OCH3 is 1. The summed E-state index contributed by atoms with van der Waals surface area (Å²) in [5, 5.41) is 11.4. The molecule has 1 heterocycles. The Bertz CT molecular complexity index is 830. The molecule has 0 aliphatic carbocycles. The summed E-state index contributed by atoms with van der Waals surface area (Å²) in [6.45, 7) is 0. The standard InChI is InChI=1S/C18H18N4OS/c1-23-16-11-7-6-10-14(16)15-12-17(22-21-15)20-18(24-2)19-13-8-4-3-5-9-13/h3-12H,1-2H3,(H2,19,20,21,22). The van der Waals surface area contributed by atoms with Crippen molar-refractivity contribution >= 4 is 28.4 Å². The zero-order chi connectivity index (χ0) is 16.8. The number of benzene rings is 2. The number of thioether (sulfide) groups is 1. The van der Waals surface area contributed by atoms with Crippen LogP contribution in [0.3, 0.4) is 0 Å². The van der Waals surface area contributed by atoms with E-state index in [4.69, 9.17) is 4.74 Å². The number of aromatic nitrogens is 2. The van der Waals surface area contributed by atoms with Gasteiger partial charge in [0.25, 0.3) is 0 Å². The van der Waals surface area contributed by atoms with Gasteiger partial charge in [0.2, 0.25) is 0 Å². The molecule has 0 fully saturated rings. The van der Waals surface area contributed by atoms with Gasteiger partial charge in [-0.1, -0.05) is 42.1 Å². The van der Waals surface area contributed by atoms with Crippen molar-refractivity contribution in [2.24, 2.45) is 4.99 Å². The van der Waals surface area contributed by atoms with Crippen LogP contribution >= 0.6 is 11.8 Å². The predicted molar refractivity (Wildman–Crippen MR) is 101 cm³/mol. The number of ether oxygens (including phenoxy) is 1. The van der Waals surface area contributed by atoms with Crippen LogP contribution in [-0.4, -0.2) is 28.7 Å². The van der Waals surface area contributed by atoms with Gasteiger partial charge in [0, 0.05) is 17.3 Å². The van der Waals surface area contributed by atoms with Gasteiger partial charge in [0.05, 0.1) is 12.8 Å². The van der Waals surface area contributed by atoms with E-state index in [9.17, 15) is 0 Å². The minimum atomic E-state index is 0.615. The smallest absolute Gasteiger partial charge is 0.176 e. The van der Waals surface area contributed by atoms with Gasteiger partial charge in [-0.2, -0.15) is 5.10 Å². The number of rotatable bonds is 4. The van der Waals surface area contributed by atoms with Crippen LogP contribution in [0.4, 0.5) is 11.5 Å². The third-order valence-corrected chi connectivity index (χ3v) is 3.98. The van der Waals surface area contributed by atoms with Crippen LogP contribution < -0.4 is 10.1 Å². The number of nitrogens with zero attached hydrogens (tertiary/aromatic N) is 2. The van der Waals surface area contributed by atoms with Gasteiger partial charge in [-0.3, -0.25) is 5.10 Å². The Morgan fingerprint density at radius 2 is 1.88 bits per heavy atom. The van der Waals surface area contributed by atoms with E-state index < -0.39 is 0 Å². The molecule has 0 unspecified atom stereocenters. The van der Waals surface area contributed by atoms with Crippen molar-refractivity contribution in [1.82, 2.24) is 10.2 Å². The zero-order valence-electron chi connectivity index (χ0n) is 13.5. The number of H-pyrrole nitrogens is 1. The van der Waals surface area contributed by atoms with Crippen LogP contribution in [0.25, 0.3) is 11.3 Å². The normalized spacial score (nSPS) is 11.3. The maximum Gasteiger partial charge on any atom is 0.176 e. The number of aromatic amines is 1. The Labute approximate surface area is 145 Å². The van der Waals surface area contributed by atoms with E-state index in [2.05, 4.69) is 20.5 Å². The molecule has 0 aliphatic rings. The lowest BCUT2D eigenvalue weighted by atomic mass is 10.1. The first-order valence-corrected chi connectivity index (χ1v) is 8.66. The van der Waals surface area contributed by atoms with Gasteiger partial charge < -0.3 is 10.1 Å². The van der Waals surface area contributed by atoms with Gasteiger partial charge in [0.15, 0.2) is 11.0 Å². The molecule has 0 saturated heterocycles. The molecule has 5 nitrogen and oxygen atoms in total. The summed E-state index contributed by atoms with van der Waals surface area (Å²) in [7, 11) is 1.66. The highest BCUT2D eigenvalue weighted by molar-refractivity contribution is 8.13. The van der Waals surface area contributed by atoms with Crippen molar-refractivity contribution in [3.8, 4) is 17.0 Å². The topological polar surface area (TPSA) is 62.3 Å². The predicted octanol–water partition coefficient (Wildman–Crippen LogP) is 4.55. The van der Waals surface area contributed by atoms with Crippen molar-refractivity contribution < 1.29 is 4.74 Å². The summed E-state index contributed by atoms with van der Waals surface area (Å²) in [6, 6.07) is 19.6. The summed E-state index contributed by atoms with van der Waals surface area (Å²) in [4.78, 5) is 4.56. The monoisotopic (exact) mass is 338 g/mol. The molecule has 0 saturated carbocycles. The molecule has 24 heavy (non-hydrogen) atoms. The molecule has 2 N–H and O–H groups in total. The molecule has 0 atom stereocenters. The SMILES string of the molecule is COc1ccccc1-c1cc(N=C(Nc2ccccc2)SC)n[nH]1. The van der Waals surface area contributed by atoms with Crippen molar-refractivity contribution in [1.29, 1.82) is 0 Å². The van der Waals surface area contributed by atoms with E-state index in [1.165, 1.54) is 11.8 Å². The molecule has 0 amide bonds. The fraction of sp³-hybridized carbons (Fsp3) is 0.111. The van der Waals surface area contributed by atoms with E-state index >= 15 is 0 Å². The van der Waals surface area contributed by atoms with Crippen LogP contribution in [0.5, 0.6) is 5.75 Å². The van der Waals surface area contributed by atoms with Gasteiger partial charge in [-0.05, 0) is 30.5 Å². The van der Waals surface area contributed by atoms with Crippen LogP contribution in [0, 0.1) is 0 Å². The van der Waals surface area contributed by atoms with Gasteiger partial charge in [-0.25, -0.2) is 4.99 Å². The molecule has 3 rings (SSSR count). The highest BCUT2D eigenvalue weighted by Crippen LogP contribution is 2.30. The number of anilines is 1. The molecular weight excluding hydrogens is 320 g/mol. The third-order valence-electron chi connectivity index (χ3n) is 3.40. The Morgan fingerprint density at radius 3 is 2.62 bits per heavy atom. The molecule has 3 aromatic rings. The van der Waals surface area contributed by atoms with Crippen molar-refractivity contribution in [2.45, 2.75) is 0 Å². The number of amidine groups is 1. The lowest BCUT2D eigenvalue weighted by Crippen LogP contribution is -2.06. The minimum absolute atomic E-state index is 0.615. The molecule has 6 heteroatoms. The molecule has 0 aliphatic heterocycles. The molecule has 0 radical (unpaired) electrons. The van der Waals surface area contributed by atoms with Crippen LogP contribution in [0.15, 0.2) is 65.7 Å². The molecule has 1 aromatic heterocycles. The van der Waals surface area contributed by atoms with Crippen molar-refractivity contribution in [3.63, 3.8) is 0 Å². The van der Waals surface area contributed by atoms with Gasteiger partial charge in [0.1, 0.15) is 5.75 Å². The molecule has 122 valence electrons. The average Bonchev–Trinajstić information content (AvgIpc) is 3.10. The first kappa shape index (κ1) is 16.1. The Hall–Kier alpha value is -2.73. The second-order valence-electron chi connectivity index (χ2n) is 4.95. The van der Waals surface area contributed by atoms with Crippen molar-refractivity contribution in [3.05, 3.63) is 60.7 Å². The first-order valence-electron chi connectivity index (χ1n) is 7.43. The van der Waals surface area contributed by atoms with E-state index in [0.29, 0.717) is 5.82 Å². The quantitative estimate of drug-likeness (QED) is 0.541. The Balaban J connectivity index is 1.84.